The van der Waals surface area contributed by atoms with Crippen LogP contribution in [0.25, 0.3) is 0 Å². The lowest BCUT2D eigenvalue weighted by atomic mass is 9.84. The van der Waals surface area contributed by atoms with E-state index in [4.69, 9.17) is 4.74 Å². The molecule has 148 valence electrons. The molecule has 2 saturated heterocycles. The summed E-state index contributed by atoms with van der Waals surface area (Å²) < 4.78 is 5.99. The number of carbonyl (C=O) groups excluding carboxylic acids is 3. The average Bonchev–Trinajstić information content (AvgIpc) is 2.95. The normalized spacial score (nSPS) is 20.2. The molecule has 1 N–H and O–H groups in total. The number of nitrogens with zero attached hydrogens (tertiary/aromatic N) is 2. The highest BCUT2D eigenvalue weighted by Gasteiger charge is 2.52. The summed E-state index contributed by atoms with van der Waals surface area (Å²) in [4.78, 5) is 40.9. The number of hydrogen-bond donors (Lipinski definition) is 1. The van der Waals surface area contributed by atoms with Crippen molar-refractivity contribution in [2.75, 3.05) is 20.1 Å². The van der Waals surface area contributed by atoms with Gasteiger partial charge in [-0.25, -0.2) is 4.79 Å². The first-order chi connectivity index (χ1) is 14.0. The molecule has 3 aliphatic rings. The number of likely N-dealkylation sites (N-methyl/N-ethyl adjacent to an activating group) is 1. The number of piperidine rings is 1. The van der Waals surface area contributed by atoms with Crippen molar-refractivity contribution in [3.05, 3.63) is 59.7 Å². The van der Waals surface area contributed by atoms with E-state index in [0.717, 1.165) is 16.0 Å². The molecule has 4 amide bonds. The molecule has 7 heteroatoms. The van der Waals surface area contributed by atoms with Crippen molar-refractivity contribution in [3.63, 3.8) is 0 Å². The lowest BCUT2D eigenvalue weighted by Gasteiger charge is -2.39. The van der Waals surface area contributed by atoms with Crippen molar-refractivity contribution in [2.45, 2.75) is 24.3 Å². The smallest absolute Gasteiger partial charge is 0.324 e. The fraction of sp³-hybridized carbons (Fsp3) is 0.318. The van der Waals surface area contributed by atoms with E-state index in [0.29, 0.717) is 37.4 Å². The van der Waals surface area contributed by atoms with Gasteiger partial charge in [-0.15, -0.1) is 0 Å². The molecule has 1 spiro atoms. The molecule has 5 rings (SSSR count). The standard InChI is InChI=1S/C22H21N3O4/c1-24-20(27)22(23-21(24)28)10-12-25(13-11-22)19(26)18-14-6-2-4-8-16(14)29-17-9-5-3-7-15(17)18/h2-9,18H,10-13H2,1H3,(H,23,28). The van der Waals surface area contributed by atoms with Crippen LogP contribution in [-0.4, -0.2) is 53.3 Å². The topological polar surface area (TPSA) is 79.0 Å². The molecule has 29 heavy (non-hydrogen) atoms. The van der Waals surface area contributed by atoms with E-state index in [1.54, 1.807) is 4.90 Å². The van der Waals surface area contributed by atoms with Crippen molar-refractivity contribution >= 4 is 17.8 Å². The van der Waals surface area contributed by atoms with Crippen LogP contribution in [-0.2, 0) is 9.59 Å². The minimum Gasteiger partial charge on any atom is -0.457 e. The Morgan fingerprint density at radius 1 is 1.00 bits per heavy atom. The molecule has 2 fully saturated rings. The Labute approximate surface area is 168 Å². The summed E-state index contributed by atoms with van der Waals surface area (Å²) in [5.41, 5.74) is 0.816. The minimum absolute atomic E-state index is 0.00632. The number of fused-ring (bicyclic) bond motifs is 2. The van der Waals surface area contributed by atoms with Gasteiger partial charge in [0.25, 0.3) is 5.91 Å². The number of amides is 4. The van der Waals surface area contributed by atoms with Crippen LogP contribution in [0.5, 0.6) is 11.5 Å². The summed E-state index contributed by atoms with van der Waals surface area (Å²) in [6.45, 7) is 0.834. The fourth-order valence-electron chi connectivity index (χ4n) is 4.56. The molecule has 2 aromatic carbocycles. The molecule has 3 heterocycles. The summed E-state index contributed by atoms with van der Waals surface area (Å²) in [5.74, 6) is 0.724. The zero-order valence-electron chi connectivity index (χ0n) is 16.1. The van der Waals surface area contributed by atoms with Crippen LogP contribution in [0.3, 0.4) is 0 Å². The number of para-hydroxylation sites is 2. The van der Waals surface area contributed by atoms with Crippen molar-refractivity contribution in [1.29, 1.82) is 0 Å². The van der Waals surface area contributed by atoms with E-state index in [1.165, 1.54) is 7.05 Å². The SMILES string of the molecule is CN1C(=O)NC2(CCN(C(=O)C3c4ccccc4Oc4ccccc43)CC2)C1=O. The maximum absolute atomic E-state index is 13.6. The molecule has 0 radical (unpaired) electrons. The van der Waals surface area contributed by atoms with Crippen LogP contribution in [0, 0.1) is 0 Å². The lowest BCUT2D eigenvalue weighted by molar-refractivity contribution is -0.138. The Morgan fingerprint density at radius 2 is 1.55 bits per heavy atom. The molecule has 2 aromatic rings. The first-order valence-corrected chi connectivity index (χ1v) is 9.75. The number of likely N-dealkylation sites (tertiary alicyclic amines) is 1. The Bertz CT molecular complexity index is 981. The monoisotopic (exact) mass is 391 g/mol. The average molecular weight is 391 g/mol. The van der Waals surface area contributed by atoms with Gasteiger partial charge in [0.2, 0.25) is 5.91 Å². The quantitative estimate of drug-likeness (QED) is 0.758. The number of rotatable bonds is 1. The molecule has 0 atom stereocenters. The van der Waals surface area contributed by atoms with Gasteiger partial charge < -0.3 is 15.0 Å². The Morgan fingerprint density at radius 3 is 2.07 bits per heavy atom. The van der Waals surface area contributed by atoms with Gasteiger partial charge in [-0.1, -0.05) is 36.4 Å². The Hall–Kier alpha value is -3.35. The highest BCUT2D eigenvalue weighted by molar-refractivity contribution is 6.07. The fourth-order valence-corrected chi connectivity index (χ4v) is 4.56. The molecule has 0 aliphatic carbocycles. The highest BCUT2D eigenvalue weighted by atomic mass is 16.5. The van der Waals surface area contributed by atoms with E-state index in [9.17, 15) is 14.4 Å². The van der Waals surface area contributed by atoms with E-state index in [-0.39, 0.29) is 17.8 Å². The molecular weight excluding hydrogens is 370 g/mol. The van der Waals surface area contributed by atoms with Gasteiger partial charge in [0.05, 0.1) is 5.92 Å². The second kappa shape index (κ2) is 6.34. The van der Waals surface area contributed by atoms with Gasteiger partial charge in [0.15, 0.2) is 0 Å². The maximum atomic E-state index is 13.6. The lowest BCUT2D eigenvalue weighted by Crippen LogP contribution is -2.56. The summed E-state index contributed by atoms with van der Waals surface area (Å²) >= 11 is 0. The molecule has 7 nitrogen and oxygen atoms in total. The molecule has 3 aliphatic heterocycles. The third kappa shape index (κ3) is 2.61. The van der Waals surface area contributed by atoms with Crippen LogP contribution in [0.1, 0.15) is 29.9 Å². The van der Waals surface area contributed by atoms with Gasteiger partial charge in [-0.05, 0) is 25.0 Å². The Balaban J connectivity index is 1.43. The highest BCUT2D eigenvalue weighted by Crippen LogP contribution is 2.45. The molecule has 0 bridgehead atoms. The third-order valence-electron chi connectivity index (χ3n) is 6.22. The van der Waals surface area contributed by atoms with Crippen molar-refractivity contribution < 1.29 is 19.1 Å². The summed E-state index contributed by atoms with van der Waals surface area (Å²) in [5, 5.41) is 2.82. The van der Waals surface area contributed by atoms with E-state index < -0.39 is 11.5 Å². The van der Waals surface area contributed by atoms with Crippen molar-refractivity contribution in [3.8, 4) is 11.5 Å². The second-order valence-corrected chi connectivity index (χ2v) is 7.81. The molecule has 0 unspecified atom stereocenters. The first kappa shape index (κ1) is 17.7. The van der Waals surface area contributed by atoms with Gasteiger partial charge in [-0.3, -0.25) is 14.5 Å². The number of carbonyl (C=O) groups is 3. The first-order valence-electron chi connectivity index (χ1n) is 9.75. The molecule has 0 aromatic heterocycles. The zero-order chi connectivity index (χ0) is 20.2. The second-order valence-electron chi connectivity index (χ2n) is 7.81. The number of ether oxygens (including phenoxy) is 1. The van der Waals surface area contributed by atoms with Crippen LogP contribution in [0.4, 0.5) is 4.79 Å². The number of hydrogen-bond acceptors (Lipinski definition) is 4. The van der Waals surface area contributed by atoms with E-state index in [2.05, 4.69) is 5.32 Å². The predicted molar refractivity (Wildman–Crippen MR) is 105 cm³/mol. The number of nitrogens with one attached hydrogen (secondary N) is 1. The number of imide groups is 1. The minimum atomic E-state index is -0.881. The number of urea groups is 1. The molecular formula is C22H21N3O4. The maximum Gasteiger partial charge on any atom is 0.324 e. The number of benzene rings is 2. The van der Waals surface area contributed by atoms with Crippen LogP contribution >= 0.6 is 0 Å². The Kier molecular flexibility index (Phi) is 3.87. The van der Waals surface area contributed by atoms with Crippen LogP contribution in [0.2, 0.25) is 0 Å². The molecule has 0 saturated carbocycles. The summed E-state index contributed by atoms with van der Waals surface area (Å²) in [6, 6.07) is 14.8. The van der Waals surface area contributed by atoms with Gasteiger partial charge in [-0.2, -0.15) is 0 Å². The van der Waals surface area contributed by atoms with Crippen molar-refractivity contribution in [1.82, 2.24) is 15.1 Å². The van der Waals surface area contributed by atoms with Crippen LogP contribution in [0.15, 0.2) is 48.5 Å². The van der Waals surface area contributed by atoms with E-state index in [1.807, 2.05) is 48.5 Å². The third-order valence-corrected chi connectivity index (χ3v) is 6.22. The van der Waals surface area contributed by atoms with Crippen molar-refractivity contribution in [2.24, 2.45) is 0 Å². The zero-order valence-corrected chi connectivity index (χ0v) is 16.1. The summed E-state index contributed by atoms with van der Waals surface area (Å²) in [6.07, 6.45) is 0.834. The van der Waals surface area contributed by atoms with Gasteiger partial charge in [0.1, 0.15) is 17.0 Å². The largest absolute Gasteiger partial charge is 0.457 e. The summed E-state index contributed by atoms with van der Waals surface area (Å²) in [7, 11) is 1.49. The predicted octanol–water partition coefficient (Wildman–Crippen LogP) is 2.47. The van der Waals surface area contributed by atoms with Crippen LogP contribution < -0.4 is 10.1 Å². The van der Waals surface area contributed by atoms with Gasteiger partial charge in [0, 0.05) is 31.3 Å². The van der Waals surface area contributed by atoms with E-state index >= 15 is 0 Å². The van der Waals surface area contributed by atoms with Gasteiger partial charge >= 0.3 is 6.03 Å².